The summed E-state index contributed by atoms with van der Waals surface area (Å²) in [6.07, 6.45) is 8.01. The Morgan fingerprint density at radius 1 is 0.950 bits per heavy atom. The molecule has 0 atom stereocenters. The molecule has 4 fully saturated rings. The molecule has 4 saturated carbocycles. The second-order valence-corrected chi connectivity index (χ2v) is 7.70. The predicted octanol–water partition coefficient (Wildman–Crippen LogP) is 0.942. The second kappa shape index (κ2) is 3.85. The summed E-state index contributed by atoms with van der Waals surface area (Å²) in [4.78, 5) is 9.53. The van der Waals surface area contributed by atoms with E-state index in [0.29, 0.717) is 10.8 Å². The van der Waals surface area contributed by atoms with E-state index in [1.54, 1.807) is 0 Å². The molecule has 4 radical (unpaired) electrons. The number of hydrogen-bond donors (Lipinski definition) is 0. The summed E-state index contributed by atoms with van der Waals surface area (Å²) in [5, 5.41) is 9.53. The first-order valence-corrected chi connectivity index (χ1v) is 8.23. The fraction of sp³-hybridized carbons (Fsp3) is 0.875. The van der Waals surface area contributed by atoms with Crippen LogP contribution in [0.3, 0.4) is 0 Å². The lowest BCUT2D eigenvalue weighted by molar-refractivity contribution is -0.0445. The van der Waals surface area contributed by atoms with Gasteiger partial charge in [-0.2, -0.15) is 0 Å². The molecule has 2 aliphatic heterocycles. The molecule has 6 rings (SSSR count). The molecule has 0 saturated heterocycles. The zero-order valence-electron chi connectivity index (χ0n) is 12.0. The van der Waals surface area contributed by atoms with E-state index in [-0.39, 0.29) is 0 Å². The molecule has 2 heterocycles. The maximum Gasteiger partial charge on any atom is 0.516 e. The van der Waals surface area contributed by atoms with Gasteiger partial charge in [0.25, 0.3) is 13.1 Å². The summed E-state index contributed by atoms with van der Waals surface area (Å²) in [5.41, 5.74) is 0.586. The quantitative estimate of drug-likeness (QED) is 0.717. The van der Waals surface area contributed by atoms with Crippen LogP contribution in [-0.2, 0) is 0 Å². The molecule has 4 nitrogen and oxygen atoms in total. The molecule has 0 aromatic heterocycles. The predicted molar refractivity (Wildman–Crippen MR) is 77.9 cm³/mol. The van der Waals surface area contributed by atoms with Crippen molar-refractivity contribution < 1.29 is 0 Å². The van der Waals surface area contributed by atoms with Gasteiger partial charge >= 0.3 is 5.84 Å². The van der Waals surface area contributed by atoms with Gasteiger partial charge < -0.3 is 0 Å². The third kappa shape index (κ3) is 1.46. The van der Waals surface area contributed by atoms with Crippen molar-refractivity contribution in [1.82, 2.24) is 15.6 Å². The van der Waals surface area contributed by atoms with Gasteiger partial charge in [0.2, 0.25) is 0 Å². The number of aliphatic imine (C=N–C) groups is 2. The van der Waals surface area contributed by atoms with Gasteiger partial charge in [0, 0.05) is 5.41 Å². The Bertz CT molecular complexity index is 451. The van der Waals surface area contributed by atoms with E-state index in [0.717, 1.165) is 38.0 Å². The lowest BCUT2D eigenvalue weighted by atomic mass is 9.43. The van der Waals surface area contributed by atoms with Crippen molar-refractivity contribution in [3.8, 4) is 0 Å². The van der Waals surface area contributed by atoms with Crippen molar-refractivity contribution in [3.63, 3.8) is 0 Å². The SMILES string of the molecule is C1CN=C(C23CC4CC(C2)CC(C2=[N+]CC[N+]2)(C4)C3)[N]1. The third-order valence-corrected chi connectivity index (χ3v) is 6.26. The van der Waals surface area contributed by atoms with E-state index in [1.165, 1.54) is 50.2 Å². The highest BCUT2D eigenvalue weighted by Crippen LogP contribution is 2.65. The van der Waals surface area contributed by atoms with E-state index >= 15 is 0 Å². The fourth-order valence-electron chi connectivity index (χ4n) is 6.18. The molecule has 104 valence electrons. The van der Waals surface area contributed by atoms with Crippen LogP contribution in [0.5, 0.6) is 0 Å². The molecule has 0 aromatic rings. The van der Waals surface area contributed by atoms with Crippen LogP contribution in [-0.4, -0.2) is 37.9 Å². The summed E-state index contributed by atoms with van der Waals surface area (Å²) in [7, 11) is 0. The largest absolute Gasteiger partial charge is 0.516 e. The summed E-state index contributed by atoms with van der Waals surface area (Å²) in [5.74, 6) is 4.17. The molecule has 0 spiro atoms. The van der Waals surface area contributed by atoms with Crippen LogP contribution in [0.2, 0.25) is 0 Å². The molecule has 4 bridgehead atoms. The monoisotopic (exact) mass is 270 g/mol. The van der Waals surface area contributed by atoms with Crippen LogP contribution in [0.15, 0.2) is 4.99 Å². The first-order chi connectivity index (χ1) is 9.78. The van der Waals surface area contributed by atoms with Crippen molar-refractivity contribution in [3.05, 3.63) is 0 Å². The highest BCUT2D eigenvalue weighted by atomic mass is 15.1. The maximum atomic E-state index is 4.76. The third-order valence-electron chi connectivity index (χ3n) is 6.26. The van der Waals surface area contributed by atoms with Crippen molar-refractivity contribution >= 4 is 11.7 Å². The first kappa shape index (κ1) is 11.7. The van der Waals surface area contributed by atoms with Gasteiger partial charge in [0.15, 0.2) is 5.32 Å². The number of nitrogens with zero attached hydrogens (tertiary/aromatic N) is 4. The van der Waals surface area contributed by atoms with Crippen molar-refractivity contribution in [2.75, 3.05) is 26.2 Å². The van der Waals surface area contributed by atoms with Gasteiger partial charge in [0.1, 0.15) is 11.3 Å². The normalized spacial score (nSPS) is 49.2. The van der Waals surface area contributed by atoms with Gasteiger partial charge in [-0.1, -0.05) is 0 Å². The summed E-state index contributed by atoms with van der Waals surface area (Å²) >= 11 is 0. The van der Waals surface area contributed by atoms with Crippen molar-refractivity contribution in [1.29, 1.82) is 0 Å². The van der Waals surface area contributed by atoms with Gasteiger partial charge in [-0.3, -0.25) is 10.3 Å². The summed E-state index contributed by atoms with van der Waals surface area (Å²) in [6, 6.07) is 0. The van der Waals surface area contributed by atoms with Crippen LogP contribution in [0.1, 0.15) is 38.5 Å². The van der Waals surface area contributed by atoms with Gasteiger partial charge in [0.05, 0.1) is 18.1 Å². The van der Waals surface area contributed by atoms with Crippen LogP contribution in [0.4, 0.5) is 0 Å². The summed E-state index contributed by atoms with van der Waals surface area (Å²) in [6.45, 7) is 3.69. The van der Waals surface area contributed by atoms with Crippen LogP contribution in [0, 0.1) is 22.7 Å². The topological polar surface area (TPSA) is 54.7 Å². The smallest absolute Gasteiger partial charge is 0.268 e. The Kier molecular flexibility index (Phi) is 2.25. The lowest BCUT2D eigenvalue weighted by Crippen LogP contribution is -2.59. The lowest BCUT2D eigenvalue weighted by Gasteiger charge is -2.58. The number of amidine groups is 2. The van der Waals surface area contributed by atoms with Crippen molar-refractivity contribution in [2.24, 2.45) is 27.7 Å². The van der Waals surface area contributed by atoms with E-state index in [4.69, 9.17) is 20.6 Å². The Hall–Kier alpha value is -0.900. The van der Waals surface area contributed by atoms with E-state index < -0.39 is 0 Å². The molecule has 0 amide bonds. The van der Waals surface area contributed by atoms with E-state index in [9.17, 15) is 0 Å². The minimum Gasteiger partial charge on any atom is -0.268 e. The molecule has 0 aromatic carbocycles. The molecule has 6 aliphatic rings. The minimum absolute atomic E-state index is 0.293. The zero-order chi connectivity index (χ0) is 13.2. The molecule has 0 N–H and O–H groups in total. The maximum absolute atomic E-state index is 4.76. The molecule has 4 heteroatoms. The molecular weight excluding hydrogens is 248 g/mol. The van der Waals surface area contributed by atoms with Crippen LogP contribution < -0.4 is 15.6 Å². The average molecular weight is 270 g/mol. The highest BCUT2D eigenvalue weighted by Gasteiger charge is 2.68. The minimum atomic E-state index is 0.293. The molecule has 20 heavy (non-hydrogen) atoms. The Morgan fingerprint density at radius 3 is 2.40 bits per heavy atom. The van der Waals surface area contributed by atoms with Gasteiger partial charge in [-0.25, -0.2) is 0 Å². The molecular formula is C16H22N4+2. The highest BCUT2D eigenvalue weighted by molar-refractivity contribution is 5.93. The average Bonchev–Trinajstić information content (AvgIpc) is 3.12. The van der Waals surface area contributed by atoms with Crippen molar-refractivity contribution in [2.45, 2.75) is 38.5 Å². The van der Waals surface area contributed by atoms with E-state index in [2.05, 4.69) is 0 Å². The van der Waals surface area contributed by atoms with E-state index in [1.807, 2.05) is 0 Å². The fourth-order valence-corrected chi connectivity index (χ4v) is 6.18. The molecule has 0 unspecified atom stereocenters. The summed E-state index contributed by atoms with van der Waals surface area (Å²) < 4.78 is 0. The first-order valence-electron chi connectivity index (χ1n) is 8.23. The molecule has 4 aliphatic carbocycles. The number of rotatable bonds is 2. The van der Waals surface area contributed by atoms with Gasteiger partial charge in [-0.05, 0) is 50.4 Å². The zero-order valence-corrected chi connectivity index (χ0v) is 12.0. The standard InChI is InChI=1S/C16H22N4/c1-2-18-13(17-1)15-6-11-5-12(7-15)9-16(8-11,10-15)14-19-3-4-20-14/h11-12H,1-10H2/q+2. The second-order valence-electron chi connectivity index (χ2n) is 7.70. The van der Waals surface area contributed by atoms with Crippen LogP contribution >= 0.6 is 0 Å². The Labute approximate surface area is 120 Å². The van der Waals surface area contributed by atoms with Crippen LogP contribution in [0.25, 0.3) is 0 Å². The number of hydrogen-bond acceptors (Lipinski definition) is 2. The van der Waals surface area contributed by atoms with Gasteiger partial charge in [-0.15, -0.1) is 0 Å². The Balaban J connectivity index is 1.57. The Morgan fingerprint density at radius 2 is 1.75 bits per heavy atom.